The van der Waals surface area contributed by atoms with E-state index in [0.29, 0.717) is 30.7 Å². The second kappa shape index (κ2) is 6.36. The molecule has 2 fully saturated rings. The fourth-order valence-electron chi connectivity index (χ4n) is 3.27. The lowest BCUT2D eigenvalue weighted by molar-refractivity contribution is -0.00624. The Kier molecular flexibility index (Phi) is 5.05. The lowest BCUT2D eigenvalue weighted by Gasteiger charge is -2.20. The number of hydrogen-bond donors (Lipinski definition) is 2. The van der Waals surface area contributed by atoms with Crippen LogP contribution in [0.15, 0.2) is 0 Å². The topological polar surface area (TPSA) is 41.5 Å². The molecule has 2 unspecified atom stereocenters. The maximum Gasteiger partial charge on any atom is 0.0897 e. The van der Waals surface area contributed by atoms with E-state index >= 15 is 0 Å². The van der Waals surface area contributed by atoms with Crippen LogP contribution in [0.4, 0.5) is 0 Å². The van der Waals surface area contributed by atoms with Crippen LogP contribution in [-0.4, -0.2) is 36.5 Å². The van der Waals surface area contributed by atoms with E-state index in [-0.39, 0.29) is 6.10 Å². The SMILES string of the molecule is CC1(C)CCC(NCC(O)COC2CCCC2)C1. The van der Waals surface area contributed by atoms with Gasteiger partial charge in [-0.15, -0.1) is 0 Å². The molecule has 3 nitrogen and oxygen atoms in total. The molecule has 2 aliphatic rings. The van der Waals surface area contributed by atoms with Crippen LogP contribution in [0.3, 0.4) is 0 Å². The smallest absolute Gasteiger partial charge is 0.0897 e. The number of nitrogens with one attached hydrogen (secondary N) is 1. The van der Waals surface area contributed by atoms with Gasteiger partial charge in [0.2, 0.25) is 0 Å². The molecular formula is C15H29NO2. The molecule has 18 heavy (non-hydrogen) atoms. The zero-order chi connectivity index (χ0) is 13.0. The highest BCUT2D eigenvalue weighted by Gasteiger charge is 2.30. The molecule has 0 aromatic heterocycles. The summed E-state index contributed by atoms with van der Waals surface area (Å²) in [5.41, 5.74) is 0.475. The molecule has 2 atom stereocenters. The summed E-state index contributed by atoms with van der Waals surface area (Å²) >= 11 is 0. The predicted molar refractivity (Wildman–Crippen MR) is 73.6 cm³/mol. The Morgan fingerprint density at radius 3 is 2.61 bits per heavy atom. The lowest BCUT2D eigenvalue weighted by Crippen LogP contribution is -2.37. The molecule has 2 aliphatic carbocycles. The van der Waals surface area contributed by atoms with E-state index < -0.39 is 0 Å². The summed E-state index contributed by atoms with van der Waals surface area (Å²) in [7, 11) is 0. The number of rotatable bonds is 6. The zero-order valence-electron chi connectivity index (χ0n) is 12.0. The van der Waals surface area contributed by atoms with Crippen molar-refractivity contribution in [3.05, 3.63) is 0 Å². The summed E-state index contributed by atoms with van der Waals surface area (Å²) in [6.45, 7) is 5.82. The summed E-state index contributed by atoms with van der Waals surface area (Å²) in [5.74, 6) is 0. The Morgan fingerprint density at radius 2 is 2.00 bits per heavy atom. The molecule has 0 radical (unpaired) electrons. The van der Waals surface area contributed by atoms with Gasteiger partial charge >= 0.3 is 0 Å². The van der Waals surface area contributed by atoms with Crippen LogP contribution in [0.25, 0.3) is 0 Å². The van der Waals surface area contributed by atoms with E-state index in [0.717, 1.165) is 0 Å². The number of aliphatic hydroxyl groups is 1. The van der Waals surface area contributed by atoms with Crippen LogP contribution in [0.1, 0.15) is 58.8 Å². The van der Waals surface area contributed by atoms with Gasteiger partial charge < -0.3 is 15.2 Å². The molecule has 2 saturated carbocycles. The number of aliphatic hydroxyl groups excluding tert-OH is 1. The highest BCUT2D eigenvalue weighted by atomic mass is 16.5. The number of hydrogen-bond acceptors (Lipinski definition) is 3. The van der Waals surface area contributed by atoms with Gasteiger partial charge in [0, 0.05) is 12.6 Å². The van der Waals surface area contributed by atoms with Crippen molar-refractivity contribution in [3.8, 4) is 0 Å². The monoisotopic (exact) mass is 255 g/mol. The Labute approximate surface area is 111 Å². The Balaban J connectivity index is 1.55. The van der Waals surface area contributed by atoms with Gasteiger partial charge in [-0.05, 0) is 37.5 Å². The van der Waals surface area contributed by atoms with E-state index in [4.69, 9.17) is 4.74 Å². The van der Waals surface area contributed by atoms with Crippen molar-refractivity contribution < 1.29 is 9.84 Å². The predicted octanol–water partition coefficient (Wildman–Crippen LogP) is 2.47. The Hall–Kier alpha value is -0.120. The first-order valence-corrected chi connectivity index (χ1v) is 7.58. The highest BCUT2D eigenvalue weighted by molar-refractivity contribution is 4.86. The van der Waals surface area contributed by atoms with E-state index in [9.17, 15) is 5.11 Å². The van der Waals surface area contributed by atoms with Crippen molar-refractivity contribution in [1.82, 2.24) is 5.32 Å². The third-order valence-corrected chi connectivity index (χ3v) is 4.44. The highest BCUT2D eigenvalue weighted by Crippen LogP contribution is 2.36. The normalized spacial score (nSPS) is 29.8. The molecule has 0 saturated heterocycles. The molecule has 0 aliphatic heterocycles. The molecule has 2 N–H and O–H groups in total. The first-order chi connectivity index (χ1) is 8.55. The minimum Gasteiger partial charge on any atom is -0.389 e. The van der Waals surface area contributed by atoms with Crippen molar-refractivity contribution >= 4 is 0 Å². The molecule has 0 spiro atoms. The van der Waals surface area contributed by atoms with Gasteiger partial charge in [0.25, 0.3) is 0 Å². The maximum atomic E-state index is 9.91. The van der Waals surface area contributed by atoms with Crippen molar-refractivity contribution in [2.75, 3.05) is 13.2 Å². The molecule has 0 aromatic carbocycles. The molecule has 0 heterocycles. The summed E-state index contributed by atoms with van der Waals surface area (Å²) in [5, 5.41) is 13.4. The standard InChI is InChI=1S/C15H29NO2/c1-15(2)8-7-12(9-15)16-10-13(17)11-18-14-5-3-4-6-14/h12-14,16-17H,3-11H2,1-2H3. The first-order valence-electron chi connectivity index (χ1n) is 7.58. The van der Waals surface area contributed by atoms with E-state index in [2.05, 4.69) is 19.2 Å². The van der Waals surface area contributed by atoms with Crippen LogP contribution in [0.2, 0.25) is 0 Å². The fourth-order valence-corrected chi connectivity index (χ4v) is 3.27. The Morgan fingerprint density at radius 1 is 1.28 bits per heavy atom. The van der Waals surface area contributed by atoms with E-state index in [1.54, 1.807) is 0 Å². The second-order valence-corrected chi connectivity index (χ2v) is 6.91. The quantitative estimate of drug-likeness (QED) is 0.766. The third-order valence-electron chi connectivity index (χ3n) is 4.44. The molecular weight excluding hydrogens is 226 g/mol. The fraction of sp³-hybridized carbons (Fsp3) is 1.00. The maximum absolute atomic E-state index is 9.91. The molecule has 0 amide bonds. The summed E-state index contributed by atoms with van der Waals surface area (Å²) in [6.07, 6.45) is 8.74. The lowest BCUT2D eigenvalue weighted by atomic mass is 9.92. The minimum atomic E-state index is -0.352. The molecule has 0 aromatic rings. The van der Waals surface area contributed by atoms with Crippen LogP contribution in [0.5, 0.6) is 0 Å². The van der Waals surface area contributed by atoms with Gasteiger partial charge in [-0.1, -0.05) is 26.7 Å². The zero-order valence-corrected chi connectivity index (χ0v) is 12.0. The first kappa shape index (κ1) is 14.3. The largest absolute Gasteiger partial charge is 0.389 e. The summed E-state index contributed by atoms with van der Waals surface area (Å²) in [4.78, 5) is 0. The van der Waals surface area contributed by atoms with Gasteiger partial charge in [-0.25, -0.2) is 0 Å². The van der Waals surface area contributed by atoms with E-state index in [1.807, 2.05) is 0 Å². The molecule has 2 rings (SSSR count). The van der Waals surface area contributed by atoms with Crippen molar-refractivity contribution in [2.45, 2.75) is 77.0 Å². The minimum absolute atomic E-state index is 0.352. The van der Waals surface area contributed by atoms with Gasteiger partial charge in [0.15, 0.2) is 0 Å². The Bertz CT molecular complexity index is 249. The molecule has 3 heteroatoms. The molecule has 0 bridgehead atoms. The van der Waals surface area contributed by atoms with Crippen molar-refractivity contribution in [2.24, 2.45) is 5.41 Å². The van der Waals surface area contributed by atoms with E-state index in [1.165, 1.54) is 44.9 Å². The average molecular weight is 255 g/mol. The van der Waals surface area contributed by atoms with Crippen LogP contribution in [0, 0.1) is 5.41 Å². The summed E-state index contributed by atoms with van der Waals surface area (Å²) in [6, 6.07) is 0.584. The second-order valence-electron chi connectivity index (χ2n) is 6.91. The van der Waals surface area contributed by atoms with Crippen LogP contribution in [-0.2, 0) is 4.74 Å². The third kappa shape index (κ3) is 4.52. The molecule has 106 valence electrons. The van der Waals surface area contributed by atoms with Gasteiger partial charge in [0.1, 0.15) is 0 Å². The van der Waals surface area contributed by atoms with Crippen molar-refractivity contribution in [3.63, 3.8) is 0 Å². The van der Waals surface area contributed by atoms with Gasteiger partial charge in [-0.3, -0.25) is 0 Å². The van der Waals surface area contributed by atoms with Crippen molar-refractivity contribution in [1.29, 1.82) is 0 Å². The van der Waals surface area contributed by atoms with Gasteiger partial charge in [0.05, 0.1) is 18.8 Å². The van der Waals surface area contributed by atoms with Crippen LogP contribution >= 0.6 is 0 Å². The average Bonchev–Trinajstić information content (AvgIpc) is 2.93. The van der Waals surface area contributed by atoms with Gasteiger partial charge in [-0.2, -0.15) is 0 Å². The van der Waals surface area contributed by atoms with Crippen LogP contribution < -0.4 is 5.32 Å². The number of ether oxygens (including phenoxy) is 1. The summed E-state index contributed by atoms with van der Waals surface area (Å²) < 4.78 is 5.73.